The van der Waals surface area contributed by atoms with Crippen LogP contribution < -0.4 is 4.90 Å². The summed E-state index contributed by atoms with van der Waals surface area (Å²) in [6.07, 6.45) is 1.60. The summed E-state index contributed by atoms with van der Waals surface area (Å²) in [7, 11) is 0.658. The number of benzene rings is 2. The molecule has 116 valence electrons. The highest BCUT2D eigenvalue weighted by molar-refractivity contribution is 7.84. The molecule has 0 unspecified atom stereocenters. The first kappa shape index (κ1) is 16.1. The molecule has 2 aromatic carbocycles. The van der Waals surface area contributed by atoms with E-state index in [1.807, 2.05) is 12.1 Å². The molecule has 0 heterocycles. The van der Waals surface area contributed by atoms with Crippen LogP contribution in [0.2, 0.25) is 0 Å². The van der Waals surface area contributed by atoms with Gasteiger partial charge < -0.3 is 4.90 Å². The Balaban J connectivity index is 2.23. The van der Waals surface area contributed by atoms with Gasteiger partial charge >= 0.3 is 0 Å². The predicted molar refractivity (Wildman–Crippen MR) is 83.9 cm³/mol. The van der Waals surface area contributed by atoms with Gasteiger partial charge in [0, 0.05) is 35.5 Å². The lowest BCUT2D eigenvalue weighted by molar-refractivity contribution is -0.384. The fraction of sp³-hybridized carbons (Fsp3) is 0.200. The van der Waals surface area contributed by atoms with E-state index >= 15 is 0 Å². The molecule has 2 rings (SSSR count). The molecule has 0 aliphatic heterocycles. The van der Waals surface area contributed by atoms with Crippen molar-refractivity contribution >= 4 is 22.2 Å². The van der Waals surface area contributed by atoms with Crippen LogP contribution in [-0.2, 0) is 17.3 Å². The Morgan fingerprint density at radius 2 is 1.86 bits per heavy atom. The molecule has 0 radical (unpaired) electrons. The van der Waals surface area contributed by atoms with Gasteiger partial charge in [-0.25, -0.2) is 4.39 Å². The van der Waals surface area contributed by atoms with Crippen LogP contribution in [0.4, 0.5) is 15.8 Å². The summed E-state index contributed by atoms with van der Waals surface area (Å²) in [5.41, 5.74) is 0.985. The van der Waals surface area contributed by atoms with Crippen LogP contribution >= 0.6 is 0 Å². The molecular weight excluding hydrogens is 307 g/mol. The Hall–Kier alpha value is -2.28. The van der Waals surface area contributed by atoms with Gasteiger partial charge in [-0.15, -0.1) is 0 Å². The number of nitro benzene ring substituents is 1. The van der Waals surface area contributed by atoms with Gasteiger partial charge in [0.15, 0.2) is 0 Å². The molecule has 2 aromatic rings. The summed E-state index contributed by atoms with van der Waals surface area (Å²) in [5.74, 6) is -0.640. The van der Waals surface area contributed by atoms with Crippen molar-refractivity contribution in [1.29, 1.82) is 0 Å². The van der Waals surface area contributed by atoms with Crippen molar-refractivity contribution in [3.05, 3.63) is 64.0 Å². The number of halogens is 1. The zero-order valence-electron chi connectivity index (χ0n) is 12.2. The SMILES string of the molecule is CN(Cc1ccc([S@@](C)=O)cc1)c1ccc(F)cc1[N+](=O)[O-]. The van der Waals surface area contributed by atoms with Crippen LogP contribution in [-0.4, -0.2) is 22.4 Å². The molecule has 0 fully saturated rings. The Morgan fingerprint density at radius 3 is 2.41 bits per heavy atom. The van der Waals surface area contributed by atoms with Crippen LogP contribution in [0.15, 0.2) is 47.4 Å². The fourth-order valence-electron chi connectivity index (χ4n) is 2.11. The van der Waals surface area contributed by atoms with Gasteiger partial charge in [-0.3, -0.25) is 14.3 Å². The maximum atomic E-state index is 13.2. The lowest BCUT2D eigenvalue weighted by atomic mass is 10.2. The molecule has 5 nitrogen and oxygen atoms in total. The van der Waals surface area contributed by atoms with Gasteiger partial charge in [-0.1, -0.05) is 12.1 Å². The molecule has 0 N–H and O–H groups in total. The van der Waals surface area contributed by atoms with Crippen LogP contribution in [0.5, 0.6) is 0 Å². The van der Waals surface area contributed by atoms with E-state index in [1.165, 1.54) is 12.1 Å². The number of nitro groups is 1. The maximum absolute atomic E-state index is 13.2. The zero-order chi connectivity index (χ0) is 16.3. The molecular formula is C15H15FN2O3S. The number of hydrogen-bond donors (Lipinski definition) is 0. The molecule has 0 saturated heterocycles. The van der Waals surface area contributed by atoms with Crippen molar-refractivity contribution in [2.24, 2.45) is 0 Å². The number of rotatable bonds is 5. The molecule has 0 saturated carbocycles. The van der Waals surface area contributed by atoms with E-state index in [0.29, 0.717) is 12.2 Å². The average molecular weight is 322 g/mol. The third-order valence-electron chi connectivity index (χ3n) is 3.22. The maximum Gasteiger partial charge on any atom is 0.295 e. The third-order valence-corrected chi connectivity index (χ3v) is 4.16. The smallest absolute Gasteiger partial charge is 0.295 e. The Bertz CT molecular complexity index is 719. The molecule has 0 aromatic heterocycles. The van der Waals surface area contributed by atoms with Gasteiger partial charge in [0.2, 0.25) is 0 Å². The molecule has 22 heavy (non-hydrogen) atoms. The van der Waals surface area contributed by atoms with Crippen molar-refractivity contribution in [2.75, 3.05) is 18.2 Å². The minimum Gasteiger partial charge on any atom is -0.365 e. The van der Waals surface area contributed by atoms with Crippen molar-refractivity contribution in [3.8, 4) is 0 Å². The number of anilines is 1. The summed E-state index contributed by atoms with van der Waals surface area (Å²) < 4.78 is 24.5. The van der Waals surface area contributed by atoms with Crippen molar-refractivity contribution in [1.82, 2.24) is 0 Å². The van der Waals surface area contributed by atoms with E-state index < -0.39 is 21.5 Å². The second-order valence-electron chi connectivity index (χ2n) is 4.84. The van der Waals surface area contributed by atoms with Crippen LogP contribution in [0.25, 0.3) is 0 Å². The molecule has 0 aliphatic carbocycles. The van der Waals surface area contributed by atoms with E-state index in [9.17, 15) is 18.7 Å². The molecule has 1 atom stereocenters. The highest BCUT2D eigenvalue weighted by Gasteiger charge is 2.18. The van der Waals surface area contributed by atoms with Gasteiger partial charge in [-0.2, -0.15) is 0 Å². The topological polar surface area (TPSA) is 63.5 Å². The quantitative estimate of drug-likeness (QED) is 0.627. The minimum absolute atomic E-state index is 0.270. The number of nitrogens with zero attached hydrogens (tertiary/aromatic N) is 2. The Morgan fingerprint density at radius 1 is 1.23 bits per heavy atom. The molecule has 0 aliphatic rings. The third kappa shape index (κ3) is 3.67. The van der Waals surface area contributed by atoms with Gasteiger partial charge in [0.1, 0.15) is 11.5 Å². The lowest BCUT2D eigenvalue weighted by Gasteiger charge is -2.19. The van der Waals surface area contributed by atoms with Gasteiger partial charge in [-0.05, 0) is 29.8 Å². The standard InChI is InChI=1S/C15H15FN2O3S/c1-17(10-11-3-6-13(7-4-11)22(2)21)14-8-5-12(16)9-15(14)18(19)20/h3-9H,10H2,1-2H3/t22-/m1/s1. The van der Waals surface area contributed by atoms with E-state index in [-0.39, 0.29) is 5.69 Å². The van der Waals surface area contributed by atoms with Crippen molar-refractivity contribution in [2.45, 2.75) is 11.4 Å². The van der Waals surface area contributed by atoms with Crippen LogP contribution in [0.1, 0.15) is 5.56 Å². The van der Waals surface area contributed by atoms with Crippen LogP contribution in [0, 0.1) is 15.9 Å². The first-order chi connectivity index (χ1) is 10.4. The highest BCUT2D eigenvalue weighted by atomic mass is 32.2. The molecule has 0 spiro atoms. The summed E-state index contributed by atoms with van der Waals surface area (Å²) >= 11 is 0. The monoisotopic (exact) mass is 322 g/mol. The first-order valence-corrected chi connectivity index (χ1v) is 8.01. The predicted octanol–water partition coefficient (Wildman–Crippen LogP) is 3.11. The van der Waals surface area contributed by atoms with Gasteiger partial charge in [0.25, 0.3) is 5.69 Å². The van der Waals surface area contributed by atoms with Gasteiger partial charge in [0.05, 0.1) is 11.0 Å². The fourth-order valence-corrected chi connectivity index (χ4v) is 2.63. The Labute approximate surface area is 130 Å². The molecule has 0 bridgehead atoms. The summed E-state index contributed by atoms with van der Waals surface area (Å²) in [4.78, 5) is 12.8. The highest BCUT2D eigenvalue weighted by Crippen LogP contribution is 2.29. The number of hydrogen-bond acceptors (Lipinski definition) is 4. The summed E-state index contributed by atoms with van der Waals surface area (Å²) in [6, 6.07) is 10.7. The normalized spacial score (nSPS) is 12.0. The molecule has 7 heteroatoms. The van der Waals surface area contributed by atoms with E-state index in [0.717, 1.165) is 16.5 Å². The second-order valence-corrected chi connectivity index (χ2v) is 6.22. The van der Waals surface area contributed by atoms with E-state index in [4.69, 9.17) is 0 Å². The van der Waals surface area contributed by atoms with Crippen molar-refractivity contribution < 1.29 is 13.5 Å². The second kappa shape index (κ2) is 6.65. The summed E-state index contributed by atoms with van der Waals surface area (Å²) in [6.45, 7) is 0.420. The molecule has 0 amide bonds. The van der Waals surface area contributed by atoms with E-state index in [2.05, 4.69) is 0 Å². The van der Waals surface area contributed by atoms with Crippen LogP contribution in [0.3, 0.4) is 0 Å². The average Bonchev–Trinajstić information content (AvgIpc) is 2.47. The summed E-state index contributed by atoms with van der Waals surface area (Å²) in [5, 5.41) is 11.0. The largest absolute Gasteiger partial charge is 0.365 e. The van der Waals surface area contributed by atoms with E-state index in [1.54, 1.807) is 30.3 Å². The lowest BCUT2D eigenvalue weighted by Crippen LogP contribution is -2.17. The van der Waals surface area contributed by atoms with Crippen molar-refractivity contribution in [3.63, 3.8) is 0 Å². The zero-order valence-corrected chi connectivity index (χ0v) is 13.0. The first-order valence-electron chi connectivity index (χ1n) is 6.46. The Kier molecular flexibility index (Phi) is 4.87. The minimum atomic E-state index is -1.04.